The van der Waals surface area contributed by atoms with Crippen LogP contribution < -0.4 is 16.1 Å². The molecule has 3 N–H and O–H groups in total. The van der Waals surface area contributed by atoms with Crippen LogP contribution in [0, 0.1) is 11.3 Å². The number of piperidine rings is 1. The van der Waals surface area contributed by atoms with Gasteiger partial charge in [-0.15, -0.1) is 11.3 Å². The smallest absolute Gasteiger partial charge is 0.324 e. The van der Waals surface area contributed by atoms with Crippen molar-refractivity contribution < 1.29 is 28.7 Å². The molecule has 64 heavy (non-hydrogen) atoms. The van der Waals surface area contributed by atoms with Crippen molar-refractivity contribution in [1.29, 1.82) is 0 Å². The molecular weight excluding hydrogens is 831 g/mol. The van der Waals surface area contributed by atoms with Gasteiger partial charge in [0.15, 0.2) is 0 Å². The number of aromatic nitrogens is 3. The molecule has 4 aliphatic heterocycles. The Balaban J connectivity index is 1.16. The fraction of sp³-hybridized carbons (Fsp3) is 0.583. The molecule has 15 nitrogen and oxygen atoms in total. The van der Waals surface area contributed by atoms with Gasteiger partial charge in [-0.1, -0.05) is 33.8 Å². The first-order valence-corrected chi connectivity index (χ1v) is 23.9. The maximum absolute atomic E-state index is 14.7. The molecule has 16 heteroatoms. The molecule has 1 aromatic carbocycles. The summed E-state index contributed by atoms with van der Waals surface area (Å²) in [6, 6.07) is 8.17. The fourth-order valence-electron chi connectivity index (χ4n) is 9.92. The van der Waals surface area contributed by atoms with Crippen LogP contribution in [0.3, 0.4) is 0 Å². The summed E-state index contributed by atoms with van der Waals surface area (Å²) in [5.41, 5.74) is 9.55. The molecule has 7 heterocycles. The normalized spacial score (nSPS) is 23.9. The number of carbonyl (C=O) groups excluding carboxylic acids is 4. The van der Waals surface area contributed by atoms with Gasteiger partial charge in [0.1, 0.15) is 12.1 Å². The number of pyridine rings is 1. The van der Waals surface area contributed by atoms with Crippen LogP contribution in [0.15, 0.2) is 41.9 Å². The number of esters is 1. The van der Waals surface area contributed by atoms with Crippen LogP contribution in [0.5, 0.6) is 0 Å². The lowest BCUT2D eigenvalue weighted by Gasteiger charge is -2.42. The van der Waals surface area contributed by atoms with E-state index in [1.807, 2.05) is 44.2 Å². The van der Waals surface area contributed by atoms with Crippen LogP contribution in [-0.4, -0.2) is 130 Å². The van der Waals surface area contributed by atoms with Gasteiger partial charge in [0, 0.05) is 91.8 Å². The summed E-state index contributed by atoms with van der Waals surface area (Å²) in [5, 5.41) is 11.6. The molecule has 6 bridgehead atoms. The first-order chi connectivity index (χ1) is 30.7. The summed E-state index contributed by atoms with van der Waals surface area (Å²) in [4.78, 5) is 70.1. The highest BCUT2D eigenvalue weighted by Gasteiger charge is 2.41. The summed E-state index contributed by atoms with van der Waals surface area (Å²) in [7, 11) is 3.55. The van der Waals surface area contributed by atoms with Gasteiger partial charge >= 0.3 is 5.97 Å². The average Bonchev–Trinajstić information content (AvgIpc) is 3.97. The average molecular weight is 896 g/mol. The lowest BCUT2D eigenvalue weighted by Crippen LogP contribution is -2.63. The molecule has 4 aliphatic rings. The Hall–Kier alpha value is -4.74. The SMILES string of the molecule is CCn1c(-c2cccnc2[C@H](C)OC)c2c3cc(ccc31)-c1csc(n1)C[C@H](NC(=O)C(C(C)C)N1CCC[C@@H](N(C)C(=O)[C@H]3CN3)C1)C(=O)N1CCC[C@H](N1)C(=O)OCC(C)(C)C2. The Bertz CT molecular complexity index is 2370. The highest BCUT2D eigenvalue weighted by molar-refractivity contribution is 7.10. The van der Waals surface area contributed by atoms with Crippen LogP contribution in [0.2, 0.25) is 0 Å². The summed E-state index contributed by atoms with van der Waals surface area (Å²) < 4.78 is 14.3. The first-order valence-electron chi connectivity index (χ1n) is 23.0. The molecule has 0 aliphatic carbocycles. The number of amides is 3. The zero-order valence-electron chi connectivity index (χ0n) is 38.6. The second-order valence-corrected chi connectivity index (χ2v) is 20.1. The van der Waals surface area contributed by atoms with Gasteiger partial charge in [0.25, 0.3) is 5.91 Å². The predicted molar refractivity (Wildman–Crippen MR) is 247 cm³/mol. The number of hydrogen-bond donors (Lipinski definition) is 3. The van der Waals surface area contributed by atoms with Crippen molar-refractivity contribution in [3.8, 4) is 22.5 Å². The van der Waals surface area contributed by atoms with Crippen molar-refractivity contribution in [2.24, 2.45) is 11.3 Å². The van der Waals surface area contributed by atoms with Gasteiger partial charge in [0.2, 0.25) is 11.8 Å². The third kappa shape index (κ3) is 9.48. The van der Waals surface area contributed by atoms with Crippen LogP contribution >= 0.6 is 11.3 Å². The summed E-state index contributed by atoms with van der Waals surface area (Å²) in [6.07, 6.45) is 5.15. The van der Waals surface area contributed by atoms with E-state index in [1.54, 1.807) is 13.3 Å². The van der Waals surface area contributed by atoms with E-state index >= 15 is 0 Å². The number of hydrazine groups is 1. The highest BCUT2D eigenvalue weighted by Crippen LogP contribution is 2.42. The predicted octanol–water partition coefficient (Wildman–Crippen LogP) is 5.12. The number of ether oxygens (including phenoxy) is 2. The highest BCUT2D eigenvalue weighted by atomic mass is 32.1. The van der Waals surface area contributed by atoms with Gasteiger partial charge in [-0.05, 0) is 88.2 Å². The zero-order chi connectivity index (χ0) is 45.4. The summed E-state index contributed by atoms with van der Waals surface area (Å²) >= 11 is 1.46. The molecule has 3 amide bonds. The topological polar surface area (TPSA) is 173 Å². The number of rotatable bonds is 10. The molecule has 8 rings (SSSR count). The standard InChI is InChI=1S/C48H65N9O6S/c1-9-56-39-17-16-30-21-33(39)34(43(56)32-14-10-18-49-41(32)29(4)62-8)23-48(5,6)27-63-47(61)35-15-12-20-57(53-35)46(60)36(22-40-51-38(30)26-64-40)52-44(58)42(28(2)3)55-19-11-13-31(25-55)54(7)45(59)37-24-50-37/h10,14,16-18,21,26,28-29,31,35-37,42,50,53H,9,11-13,15,19-20,22-25,27H2,1-8H3,(H,52,58)/t29-,31+,35-,36-,37+,42?/m0/s1. The largest absolute Gasteiger partial charge is 0.464 e. The lowest BCUT2D eigenvalue weighted by atomic mass is 9.84. The molecule has 3 fully saturated rings. The number of nitrogens with one attached hydrogen (secondary N) is 3. The molecule has 1 unspecified atom stereocenters. The maximum atomic E-state index is 14.7. The quantitative estimate of drug-likeness (QED) is 0.143. The second kappa shape index (κ2) is 19.0. The van der Waals surface area contributed by atoms with E-state index in [-0.39, 0.29) is 54.9 Å². The van der Waals surface area contributed by atoms with Crippen LogP contribution in [0.4, 0.5) is 0 Å². The maximum Gasteiger partial charge on any atom is 0.324 e. The van der Waals surface area contributed by atoms with Gasteiger partial charge in [-0.2, -0.15) is 0 Å². The van der Waals surface area contributed by atoms with E-state index in [0.29, 0.717) is 57.0 Å². The summed E-state index contributed by atoms with van der Waals surface area (Å²) in [6.45, 7) is 15.7. The monoisotopic (exact) mass is 895 g/mol. The van der Waals surface area contributed by atoms with Crippen molar-refractivity contribution in [2.75, 3.05) is 46.9 Å². The van der Waals surface area contributed by atoms with E-state index in [0.717, 1.165) is 57.5 Å². The van der Waals surface area contributed by atoms with Crippen LogP contribution in [0.1, 0.15) is 89.6 Å². The molecule has 0 saturated carbocycles. The number of nitrogens with zero attached hydrogens (tertiary/aromatic N) is 6. The van der Waals surface area contributed by atoms with Crippen molar-refractivity contribution in [3.05, 3.63) is 58.2 Å². The Labute approximate surface area is 380 Å². The number of likely N-dealkylation sites (N-methyl/N-ethyl adjacent to an activating group) is 1. The van der Waals surface area contributed by atoms with Crippen molar-refractivity contribution >= 4 is 45.9 Å². The number of hydrogen-bond acceptors (Lipinski definition) is 12. The van der Waals surface area contributed by atoms with Crippen molar-refractivity contribution in [1.82, 2.24) is 45.4 Å². The Morgan fingerprint density at radius 3 is 2.64 bits per heavy atom. The number of aryl methyl sites for hydroxylation is 1. The molecule has 344 valence electrons. The Morgan fingerprint density at radius 2 is 1.91 bits per heavy atom. The first kappa shape index (κ1) is 45.8. The van der Waals surface area contributed by atoms with Crippen molar-refractivity contribution in [3.63, 3.8) is 0 Å². The third-order valence-electron chi connectivity index (χ3n) is 13.5. The number of likely N-dealkylation sites (tertiary alicyclic amines) is 1. The van der Waals surface area contributed by atoms with Gasteiger partial charge in [0.05, 0.1) is 46.9 Å². The number of fused-ring (bicyclic) bond motifs is 6. The van der Waals surface area contributed by atoms with E-state index in [9.17, 15) is 19.2 Å². The van der Waals surface area contributed by atoms with E-state index < -0.39 is 29.5 Å². The molecule has 3 aromatic heterocycles. The van der Waals surface area contributed by atoms with E-state index in [1.165, 1.54) is 16.3 Å². The number of benzene rings is 1. The number of thiazole rings is 1. The number of cyclic esters (lactones) is 1. The molecule has 0 spiro atoms. The van der Waals surface area contributed by atoms with Crippen molar-refractivity contribution in [2.45, 2.75) is 123 Å². The molecular formula is C48H65N9O6S. The number of carbonyl (C=O) groups is 4. The minimum absolute atomic E-state index is 0.0152. The second-order valence-electron chi connectivity index (χ2n) is 19.2. The fourth-order valence-corrected chi connectivity index (χ4v) is 10.8. The number of methoxy groups -OCH3 is 1. The van der Waals surface area contributed by atoms with Gasteiger partial charge in [-0.3, -0.25) is 34.1 Å². The Kier molecular flexibility index (Phi) is 13.6. The van der Waals surface area contributed by atoms with E-state index in [4.69, 9.17) is 19.4 Å². The van der Waals surface area contributed by atoms with E-state index in [2.05, 4.69) is 70.6 Å². The van der Waals surface area contributed by atoms with Gasteiger partial charge < -0.3 is 29.6 Å². The summed E-state index contributed by atoms with van der Waals surface area (Å²) in [5.74, 6) is -0.977. The Morgan fingerprint density at radius 1 is 1.12 bits per heavy atom. The van der Waals surface area contributed by atoms with Crippen LogP contribution in [0.25, 0.3) is 33.4 Å². The van der Waals surface area contributed by atoms with Gasteiger partial charge in [-0.25, -0.2) is 10.4 Å². The molecule has 3 saturated heterocycles. The minimum Gasteiger partial charge on any atom is -0.464 e. The minimum atomic E-state index is -0.961. The zero-order valence-corrected chi connectivity index (χ0v) is 39.4. The third-order valence-corrected chi connectivity index (χ3v) is 14.3. The lowest BCUT2D eigenvalue weighted by molar-refractivity contribution is -0.155. The molecule has 6 atom stereocenters. The molecule has 0 radical (unpaired) electrons. The van der Waals surface area contributed by atoms with Crippen LogP contribution in [-0.2, 0) is 48.0 Å². The molecule has 4 aromatic rings.